The number of rotatable bonds is 7. The van der Waals surface area contributed by atoms with Gasteiger partial charge in [-0.05, 0) is 61.0 Å². The molecule has 35 heavy (non-hydrogen) atoms. The molecule has 2 amide bonds. The van der Waals surface area contributed by atoms with Gasteiger partial charge < -0.3 is 19.8 Å². The summed E-state index contributed by atoms with van der Waals surface area (Å²) in [5.74, 6) is -2.15. The molecule has 176 valence electrons. The molecule has 2 N–H and O–H groups in total. The zero-order chi connectivity index (χ0) is 24.8. The summed E-state index contributed by atoms with van der Waals surface area (Å²) in [4.78, 5) is 38.4. The van der Waals surface area contributed by atoms with Gasteiger partial charge >= 0.3 is 5.97 Å². The van der Waals surface area contributed by atoms with Gasteiger partial charge in [0.25, 0.3) is 11.8 Å². The summed E-state index contributed by atoms with van der Waals surface area (Å²) in [6, 6.07) is 21.5. The lowest BCUT2D eigenvalue weighted by molar-refractivity contribution is -0.125. The third-order valence-electron chi connectivity index (χ3n) is 5.14. The van der Waals surface area contributed by atoms with Crippen LogP contribution in [-0.2, 0) is 9.53 Å². The number of aryl methyl sites for hydroxylation is 1. The van der Waals surface area contributed by atoms with Crippen LogP contribution in [0.1, 0.15) is 38.1 Å². The summed E-state index contributed by atoms with van der Waals surface area (Å²) < 4.78 is 23.9. The lowest BCUT2D eigenvalue weighted by atomic mass is 10.1. The van der Waals surface area contributed by atoms with E-state index in [2.05, 4.69) is 10.6 Å². The lowest BCUT2D eigenvalue weighted by Crippen LogP contribution is -2.26. The van der Waals surface area contributed by atoms with E-state index in [0.29, 0.717) is 16.9 Å². The minimum atomic E-state index is -1.27. The van der Waals surface area contributed by atoms with Crippen LogP contribution in [0.2, 0.25) is 0 Å². The first kappa shape index (κ1) is 23.4. The summed E-state index contributed by atoms with van der Waals surface area (Å²) >= 11 is 0. The van der Waals surface area contributed by atoms with Crippen molar-refractivity contribution in [1.29, 1.82) is 0 Å². The number of benzene rings is 3. The molecular formula is C27H21FN2O5. The van der Waals surface area contributed by atoms with Gasteiger partial charge in [0.2, 0.25) is 6.10 Å². The van der Waals surface area contributed by atoms with Gasteiger partial charge in [0.05, 0.1) is 11.8 Å². The minimum Gasteiger partial charge on any atom is -0.459 e. The highest BCUT2D eigenvalue weighted by molar-refractivity contribution is 6.04. The first-order chi connectivity index (χ1) is 16.9. The molecule has 0 saturated carbocycles. The first-order valence-corrected chi connectivity index (χ1v) is 10.7. The number of esters is 1. The van der Waals surface area contributed by atoms with Gasteiger partial charge in [0.15, 0.2) is 5.76 Å². The smallest absolute Gasteiger partial charge is 0.339 e. The Kier molecular flexibility index (Phi) is 7.02. The van der Waals surface area contributed by atoms with E-state index in [1.54, 1.807) is 55.5 Å². The number of carbonyl (C=O) groups excluding carboxylic acids is 3. The molecule has 0 bridgehead atoms. The number of amides is 2. The quantitative estimate of drug-likeness (QED) is 0.346. The number of anilines is 2. The van der Waals surface area contributed by atoms with Gasteiger partial charge in [-0.3, -0.25) is 9.59 Å². The van der Waals surface area contributed by atoms with Crippen LogP contribution in [0.3, 0.4) is 0 Å². The molecule has 0 aliphatic heterocycles. The highest BCUT2D eigenvalue weighted by Gasteiger charge is 2.26. The Labute approximate surface area is 200 Å². The fourth-order valence-corrected chi connectivity index (χ4v) is 3.29. The Morgan fingerprint density at radius 2 is 1.63 bits per heavy atom. The maximum Gasteiger partial charge on any atom is 0.339 e. The Hall–Kier alpha value is -4.72. The number of ether oxygens (including phenoxy) is 1. The monoisotopic (exact) mass is 472 g/mol. The van der Waals surface area contributed by atoms with Crippen LogP contribution < -0.4 is 10.6 Å². The van der Waals surface area contributed by atoms with Crippen LogP contribution in [-0.4, -0.2) is 17.8 Å². The fourth-order valence-electron chi connectivity index (χ4n) is 3.29. The van der Waals surface area contributed by atoms with Crippen molar-refractivity contribution < 1.29 is 27.9 Å². The van der Waals surface area contributed by atoms with E-state index in [1.807, 2.05) is 0 Å². The number of carbonyl (C=O) groups is 3. The second-order valence-electron chi connectivity index (χ2n) is 7.65. The molecule has 7 nitrogen and oxygen atoms in total. The minimum absolute atomic E-state index is 0.124. The van der Waals surface area contributed by atoms with Gasteiger partial charge in [-0.15, -0.1) is 0 Å². The molecule has 0 saturated heterocycles. The van der Waals surface area contributed by atoms with E-state index in [9.17, 15) is 18.8 Å². The van der Waals surface area contributed by atoms with Crippen molar-refractivity contribution in [2.75, 3.05) is 10.6 Å². The maximum atomic E-state index is 13.2. The van der Waals surface area contributed by atoms with E-state index in [1.165, 1.54) is 42.7 Å². The van der Waals surface area contributed by atoms with Crippen LogP contribution in [0, 0.1) is 12.7 Å². The van der Waals surface area contributed by atoms with Gasteiger partial charge in [0, 0.05) is 16.9 Å². The Morgan fingerprint density at radius 3 is 2.31 bits per heavy atom. The molecule has 0 fully saturated rings. The van der Waals surface area contributed by atoms with Crippen LogP contribution >= 0.6 is 0 Å². The molecule has 1 unspecified atom stereocenters. The van der Waals surface area contributed by atoms with Crippen LogP contribution in [0.4, 0.5) is 15.8 Å². The summed E-state index contributed by atoms with van der Waals surface area (Å²) in [5, 5.41) is 5.34. The molecule has 8 heteroatoms. The van der Waals surface area contributed by atoms with Crippen molar-refractivity contribution in [3.63, 3.8) is 0 Å². The van der Waals surface area contributed by atoms with E-state index < -0.39 is 29.7 Å². The molecular weight excluding hydrogens is 451 g/mol. The Balaban J connectivity index is 1.55. The van der Waals surface area contributed by atoms with E-state index in [4.69, 9.17) is 9.15 Å². The summed E-state index contributed by atoms with van der Waals surface area (Å²) in [5.41, 5.74) is 2.06. The molecule has 4 aromatic rings. The van der Waals surface area contributed by atoms with E-state index in [0.717, 1.165) is 5.56 Å². The Morgan fingerprint density at radius 1 is 0.886 bits per heavy atom. The molecule has 1 atom stereocenters. The maximum absolute atomic E-state index is 13.2. The largest absolute Gasteiger partial charge is 0.459 e. The van der Waals surface area contributed by atoms with Gasteiger partial charge in [-0.2, -0.15) is 0 Å². The number of hydrogen-bond acceptors (Lipinski definition) is 5. The van der Waals surface area contributed by atoms with Gasteiger partial charge in [0.1, 0.15) is 5.82 Å². The van der Waals surface area contributed by atoms with Crippen molar-refractivity contribution in [2.24, 2.45) is 0 Å². The van der Waals surface area contributed by atoms with Crippen molar-refractivity contribution in [3.8, 4) is 0 Å². The van der Waals surface area contributed by atoms with Crippen molar-refractivity contribution in [1.82, 2.24) is 0 Å². The SMILES string of the molecule is Cc1ccc(C(=O)OC(C(=O)Nc2ccc(F)cc2)c2ccccc2)cc1NC(=O)c1ccco1. The summed E-state index contributed by atoms with van der Waals surface area (Å²) in [6.45, 7) is 1.77. The normalized spacial score (nSPS) is 11.4. The van der Waals surface area contributed by atoms with Crippen LogP contribution in [0.5, 0.6) is 0 Å². The average molecular weight is 472 g/mol. The molecule has 3 aromatic carbocycles. The number of hydrogen-bond donors (Lipinski definition) is 2. The number of halogens is 1. The third kappa shape index (κ3) is 5.80. The number of furan rings is 1. The second kappa shape index (κ2) is 10.5. The Bertz CT molecular complexity index is 1340. The zero-order valence-electron chi connectivity index (χ0n) is 18.7. The van der Waals surface area contributed by atoms with Crippen molar-refractivity contribution >= 4 is 29.2 Å². The lowest BCUT2D eigenvalue weighted by Gasteiger charge is -2.18. The molecule has 1 heterocycles. The van der Waals surface area contributed by atoms with Crippen LogP contribution in [0.25, 0.3) is 0 Å². The average Bonchev–Trinajstić information content (AvgIpc) is 3.41. The van der Waals surface area contributed by atoms with Crippen molar-refractivity contribution in [3.05, 3.63) is 119 Å². The predicted molar refractivity (Wildman–Crippen MR) is 127 cm³/mol. The highest BCUT2D eigenvalue weighted by atomic mass is 19.1. The second-order valence-corrected chi connectivity index (χ2v) is 7.65. The zero-order valence-corrected chi connectivity index (χ0v) is 18.7. The fraction of sp³-hybridized carbons (Fsp3) is 0.0741. The van der Waals surface area contributed by atoms with Gasteiger partial charge in [-0.1, -0.05) is 36.4 Å². The standard InChI is InChI=1S/C27H21FN2O5/c1-17-9-10-19(16-22(17)30-25(31)23-8-5-15-34-23)27(33)35-24(18-6-3-2-4-7-18)26(32)29-21-13-11-20(28)12-14-21/h2-16,24H,1H3,(H,29,32)(H,30,31). The molecule has 0 aliphatic carbocycles. The predicted octanol–water partition coefficient (Wildman–Crippen LogP) is 5.52. The topological polar surface area (TPSA) is 97.6 Å². The molecule has 0 spiro atoms. The third-order valence-corrected chi connectivity index (χ3v) is 5.14. The van der Waals surface area contributed by atoms with Gasteiger partial charge in [-0.25, -0.2) is 9.18 Å². The number of nitrogens with one attached hydrogen (secondary N) is 2. The van der Waals surface area contributed by atoms with Crippen molar-refractivity contribution in [2.45, 2.75) is 13.0 Å². The summed E-state index contributed by atoms with van der Waals surface area (Å²) in [6.07, 6.45) is 0.118. The highest BCUT2D eigenvalue weighted by Crippen LogP contribution is 2.24. The molecule has 1 aromatic heterocycles. The first-order valence-electron chi connectivity index (χ1n) is 10.7. The van der Waals surface area contributed by atoms with E-state index in [-0.39, 0.29) is 11.3 Å². The van der Waals surface area contributed by atoms with Crippen LogP contribution in [0.15, 0.2) is 95.6 Å². The molecule has 4 rings (SSSR count). The summed E-state index contributed by atoms with van der Waals surface area (Å²) in [7, 11) is 0. The molecule has 0 radical (unpaired) electrons. The van der Waals surface area contributed by atoms with E-state index >= 15 is 0 Å². The molecule has 0 aliphatic rings.